The van der Waals surface area contributed by atoms with E-state index >= 15 is 0 Å². The first-order valence-corrected chi connectivity index (χ1v) is 6.91. The molecule has 0 aromatic heterocycles. The summed E-state index contributed by atoms with van der Waals surface area (Å²) in [5, 5.41) is 9.06. The molecule has 3 rings (SSSR count). The van der Waals surface area contributed by atoms with Gasteiger partial charge in [0.15, 0.2) is 0 Å². The molecule has 1 aromatic rings. The molecule has 2 bridgehead atoms. The highest BCUT2D eigenvalue weighted by molar-refractivity contribution is 5.80. The number of aliphatic hydroxyl groups excluding tert-OH is 1. The third-order valence-corrected chi connectivity index (χ3v) is 4.53. The molecule has 0 saturated heterocycles. The van der Waals surface area contributed by atoms with Crippen molar-refractivity contribution in [1.29, 1.82) is 0 Å². The second-order valence-electron chi connectivity index (χ2n) is 5.93. The fraction of sp³-hybridized carbons (Fsp3) is 0.333. The molecular formula is C18H20O. The summed E-state index contributed by atoms with van der Waals surface area (Å²) >= 11 is 0. The molecule has 1 heteroatoms. The molecule has 0 amide bonds. The smallest absolute Gasteiger partial charge is 0.0615 e. The molecule has 1 N–H and O–H groups in total. The van der Waals surface area contributed by atoms with Gasteiger partial charge in [0.1, 0.15) is 0 Å². The lowest BCUT2D eigenvalue weighted by molar-refractivity contribution is 0.342. The summed E-state index contributed by atoms with van der Waals surface area (Å²) in [6, 6.07) is 10.6. The average molecular weight is 252 g/mol. The van der Waals surface area contributed by atoms with Crippen LogP contribution in [0, 0.1) is 11.3 Å². The lowest BCUT2D eigenvalue weighted by Gasteiger charge is -2.27. The zero-order valence-electron chi connectivity index (χ0n) is 11.4. The van der Waals surface area contributed by atoms with E-state index in [2.05, 4.69) is 49.9 Å². The minimum Gasteiger partial charge on any atom is -0.392 e. The van der Waals surface area contributed by atoms with Crippen LogP contribution in [0.1, 0.15) is 25.3 Å². The summed E-state index contributed by atoms with van der Waals surface area (Å²) in [4.78, 5) is 0. The standard InChI is InChI=1S/C18H20O/c1-13-11-18(2)12-15(13)17(16(18)9-6-10-19)14-7-4-3-5-8-14/h3-9,15,19H,1,10-12H2,2H3. The molecule has 1 fully saturated rings. The van der Waals surface area contributed by atoms with Crippen LogP contribution in [-0.2, 0) is 0 Å². The molecule has 2 aliphatic carbocycles. The molecule has 2 aliphatic rings. The van der Waals surface area contributed by atoms with Gasteiger partial charge in [0, 0.05) is 5.92 Å². The zero-order valence-corrected chi connectivity index (χ0v) is 11.4. The van der Waals surface area contributed by atoms with Crippen molar-refractivity contribution >= 4 is 5.57 Å². The van der Waals surface area contributed by atoms with E-state index in [-0.39, 0.29) is 12.0 Å². The van der Waals surface area contributed by atoms with E-state index in [9.17, 15) is 0 Å². The maximum Gasteiger partial charge on any atom is 0.0615 e. The summed E-state index contributed by atoms with van der Waals surface area (Å²) < 4.78 is 0. The van der Waals surface area contributed by atoms with E-state index in [0.717, 1.165) is 6.42 Å². The maximum atomic E-state index is 9.06. The normalized spacial score (nSPS) is 29.8. The van der Waals surface area contributed by atoms with Crippen molar-refractivity contribution in [2.24, 2.45) is 11.3 Å². The Morgan fingerprint density at radius 3 is 2.79 bits per heavy atom. The second-order valence-corrected chi connectivity index (χ2v) is 5.93. The van der Waals surface area contributed by atoms with E-state index in [0.29, 0.717) is 5.92 Å². The highest BCUT2D eigenvalue weighted by Gasteiger charge is 2.48. The lowest BCUT2D eigenvalue weighted by Crippen LogP contribution is -2.13. The van der Waals surface area contributed by atoms with E-state index < -0.39 is 0 Å². The molecule has 2 atom stereocenters. The third-order valence-electron chi connectivity index (χ3n) is 4.53. The zero-order chi connectivity index (χ0) is 13.5. The molecule has 0 radical (unpaired) electrons. The highest BCUT2D eigenvalue weighted by atomic mass is 16.2. The fourth-order valence-electron chi connectivity index (χ4n) is 3.75. The van der Waals surface area contributed by atoms with Crippen molar-refractivity contribution < 1.29 is 5.11 Å². The third kappa shape index (κ3) is 1.89. The molecule has 1 nitrogen and oxygen atoms in total. The van der Waals surface area contributed by atoms with Gasteiger partial charge >= 0.3 is 0 Å². The van der Waals surface area contributed by atoms with Crippen LogP contribution in [0.2, 0.25) is 0 Å². The van der Waals surface area contributed by atoms with E-state index in [1.165, 1.54) is 28.7 Å². The number of allylic oxidation sites excluding steroid dienone is 4. The van der Waals surface area contributed by atoms with Gasteiger partial charge in [-0.2, -0.15) is 0 Å². The summed E-state index contributed by atoms with van der Waals surface area (Å²) in [6.45, 7) is 6.69. The number of rotatable bonds is 3. The Morgan fingerprint density at radius 2 is 2.11 bits per heavy atom. The lowest BCUT2D eigenvalue weighted by atomic mass is 9.77. The topological polar surface area (TPSA) is 20.2 Å². The van der Waals surface area contributed by atoms with E-state index in [1.807, 2.05) is 6.08 Å². The van der Waals surface area contributed by atoms with Crippen molar-refractivity contribution in [1.82, 2.24) is 0 Å². The number of hydrogen-bond acceptors (Lipinski definition) is 1. The number of benzene rings is 1. The van der Waals surface area contributed by atoms with Crippen molar-refractivity contribution in [2.75, 3.05) is 6.61 Å². The monoisotopic (exact) mass is 252 g/mol. The van der Waals surface area contributed by atoms with Gasteiger partial charge in [-0.25, -0.2) is 0 Å². The Balaban J connectivity index is 2.15. The minimum atomic E-state index is 0.104. The molecular weight excluding hydrogens is 232 g/mol. The maximum absolute atomic E-state index is 9.06. The Hall–Kier alpha value is -1.60. The number of aliphatic hydroxyl groups is 1. The van der Waals surface area contributed by atoms with Gasteiger partial charge in [-0.3, -0.25) is 0 Å². The fourth-order valence-corrected chi connectivity index (χ4v) is 3.75. The summed E-state index contributed by atoms with van der Waals surface area (Å²) in [5.41, 5.74) is 5.69. The van der Waals surface area contributed by atoms with Gasteiger partial charge in [0.05, 0.1) is 6.61 Å². The van der Waals surface area contributed by atoms with Gasteiger partial charge in [-0.05, 0) is 35.0 Å². The average Bonchev–Trinajstić information content (AvgIpc) is 2.86. The SMILES string of the molecule is C=C1CC2(C)CC1C(c1ccccc1)=C2C=CCO. The molecule has 19 heavy (non-hydrogen) atoms. The Bertz CT molecular complexity index is 565. The summed E-state index contributed by atoms with van der Waals surface area (Å²) in [7, 11) is 0. The first-order valence-electron chi connectivity index (χ1n) is 6.91. The van der Waals surface area contributed by atoms with Crippen LogP contribution in [0.15, 0.2) is 60.2 Å². The van der Waals surface area contributed by atoms with Crippen LogP contribution in [0.4, 0.5) is 0 Å². The minimum absolute atomic E-state index is 0.104. The van der Waals surface area contributed by atoms with Crippen LogP contribution >= 0.6 is 0 Å². The predicted molar refractivity (Wildman–Crippen MR) is 79.6 cm³/mol. The Kier molecular flexibility index (Phi) is 2.94. The van der Waals surface area contributed by atoms with Gasteiger partial charge in [0.2, 0.25) is 0 Å². The molecule has 0 heterocycles. The Labute approximate surface area is 115 Å². The van der Waals surface area contributed by atoms with Crippen LogP contribution in [-0.4, -0.2) is 11.7 Å². The molecule has 0 aliphatic heterocycles. The quantitative estimate of drug-likeness (QED) is 0.807. The van der Waals surface area contributed by atoms with E-state index in [4.69, 9.17) is 5.11 Å². The van der Waals surface area contributed by atoms with Gasteiger partial charge in [0.25, 0.3) is 0 Å². The van der Waals surface area contributed by atoms with Gasteiger partial charge < -0.3 is 5.11 Å². The predicted octanol–water partition coefficient (Wildman–Crippen LogP) is 3.97. The molecule has 1 saturated carbocycles. The van der Waals surface area contributed by atoms with Crippen molar-refractivity contribution in [3.8, 4) is 0 Å². The number of fused-ring (bicyclic) bond motifs is 2. The molecule has 1 aromatic carbocycles. The van der Waals surface area contributed by atoms with Gasteiger partial charge in [-0.15, -0.1) is 0 Å². The Morgan fingerprint density at radius 1 is 1.37 bits per heavy atom. The van der Waals surface area contributed by atoms with Crippen LogP contribution in [0.25, 0.3) is 5.57 Å². The van der Waals surface area contributed by atoms with Crippen molar-refractivity contribution in [2.45, 2.75) is 19.8 Å². The van der Waals surface area contributed by atoms with Gasteiger partial charge in [-0.1, -0.05) is 61.6 Å². The highest BCUT2D eigenvalue weighted by Crippen LogP contribution is 2.62. The van der Waals surface area contributed by atoms with Crippen molar-refractivity contribution in [3.63, 3.8) is 0 Å². The van der Waals surface area contributed by atoms with Crippen LogP contribution in [0.5, 0.6) is 0 Å². The first-order chi connectivity index (χ1) is 9.15. The van der Waals surface area contributed by atoms with Crippen LogP contribution in [0.3, 0.4) is 0 Å². The number of hydrogen-bond donors (Lipinski definition) is 1. The molecule has 0 spiro atoms. The van der Waals surface area contributed by atoms with Crippen LogP contribution < -0.4 is 0 Å². The largest absolute Gasteiger partial charge is 0.392 e. The van der Waals surface area contributed by atoms with E-state index in [1.54, 1.807) is 0 Å². The molecule has 2 unspecified atom stereocenters. The second kappa shape index (κ2) is 4.50. The molecule has 98 valence electrons. The summed E-state index contributed by atoms with van der Waals surface area (Å²) in [5.74, 6) is 0.491. The summed E-state index contributed by atoms with van der Waals surface area (Å²) in [6.07, 6.45) is 6.22. The first kappa shape index (κ1) is 12.4. The van der Waals surface area contributed by atoms with Crippen molar-refractivity contribution in [3.05, 3.63) is 65.8 Å².